The molecule has 3 atom stereocenters. The SMILES string of the molecule is CC(C)C[C@H](N)C(=O)N[C@@H](Cc1c[nH]c2ccccc12)C(=O)N[C@@H](CC(N)=O)C(=O)O. The Labute approximate surface area is 179 Å². The van der Waals surface area contributed by atoms with E-state index in [0.717, 1.165) is 16.5 Å². The first-order chi connectivity index (χ1) is 14.6. The Hall–Kier alpha value is -3.40. The monoisotopic (exact) mass is 431 g/mol. The number of benzene rings is 1. The molecule has 10 heteroatoms. The minimum atomic E-state index is -1.50. The zero-order chi connectivity index (χ0) is 23.1. The van der Waals surface area contributed by atoms with Gasteiger partial charge in [0.05, 0.1) is 12.5 Å². The van der Waals surface area contributed by atoms with E-state index in [1.807, 2.05) is 38.1 Å². The number of carboxylic acid groups (broad SMARTS) is 1. The summed E-state index contributed by atoms with van der Waals surface area (Å²) < 4.78 is 0. The molecule has 0 saturated carbocycles. The summed E-state index contributed by atoms with van der Waals surface area (Å²) in [5, 5.41) is 15.1. The summed E-state index contributed by atoms with van der Waals surface area (Å²) in [6.07, 6.45) is 1.68. The number of rotatable bonds is 11. The molecule has 2 rings (SSSR count). The Morgan fingerprint density at radius 1 is 1.06 bits per heavy atom. The molecule has 2 aromatic rings. The maximum Gasteiger partial charge on any atom is 0.326 e. The number of carboxylic acids is 1. The van der Waals surface area contributed by atoms with Gasteiger partial charge in [-0.2, -0.15) is 0 Å². The molecule has 0 spiro atoms. The number of hydrogen-bond acceptors (Lipinski definition) is 5. The first kappa shape index (κ1) is 23.9. The van der Waals surface area contributed by atoms with E-state index in [4.69, 9.17) is 11.5 Å². The lowest BCUT2D eigenvalue weighted by molar-refractivity contribution is -0.143. The number of H-pyrrole nitrogens is 1. The van der Waals surface area contributed by atoms with Crippen LogP contribution in [0.25, 0.3) is 10.9 Å². The molecule has 1 aromatic carbocycles. The largest absolute Gasteiger partial charge is 0.480 e. The summed E-state index contributed by atoms with van der Waals surface area (Å²) in [5.41, 5.74) is 12.6. The second-order valence-electron chi connectivity index (χ2n) is 7.93. The van der Waals surface area contributed by atoms with Gasteiger partial charge in [-0.15, -0.1) is 0 Å². The van der Waals surface area contributed by atoms with E-state index in [-0.39, 0.29) is 12.3 Å². The van der Waals surface area contributed by atoms with Crippen LogP contribution in [0.1, 0.15) is 32.3 Å². The number of nitrogens with two attached hydrogens (primary N) is 2. The number of aromatic nitrogens is 1. The average molecular weight is 431 g/mol. The van der Waals surface area contributed by atoms with Crippen LogP contribution in [0.3, 0.4) is 0 Å². The summed E-state index contributed by atoms with van der Waals surface area (Å²) in [6.45, 7) is 3.84. The van der Waals surface area contributed by atoms with E-state index < -0.39 is 48.2 Å². The normalized spacial score (nSPS) is 14.1. The van der Waals surface area contributed by atoms with Crippen LogP contribution < -0.4 is 22.1 Å². The molecule has 0 fully saturated rings. The lowest BCUT2D eigenvalue weighted by Gasteiger charge is -2.23. The van der Waals surface area contributed by atoms with Crippen molar-refractivity contribution in [2.75, 3.05) is 0 Å². The number of carbonyl (C=O) groups excluding carboxylic acids is 3. The topological polar surface area (TPSA) is 180 Å². The first-order valence-corrected chi connectivity index (χ1v) is 10.0. The standard InChI is InChI=1S/C21H29N5O5/c1-11(2)7-14(22)19(28)25-16(20(29)26-17(21(30)31)9-18(23)27)8-12-10-24-15-6-4-3-5-13(12)15/h3-6,10-11,14,16-17,24H,7-9,22H2,1-2H3,(H2,23,27)(H,25,28)(H,26,29)(H,30,31)/t14-,16-,17-/m0/s1. The molecular weight excluding hydrogens is 402 g/mol. The van der Waals surface area contributed by atoms with Gasteiger partial charge in [0.25, 0.3) is 0 Å². The Kier molecular flexibility index (Phi) is 8.14. The van der Waals surface area contributed by atoms with Crippen molar-refractivity contribution < 1.29 is 24.3 Å². The van der Waals surface area contributed by atoms with Crippen LogP contribution in [0.5, 0.6) is 0 Å². The molecule has 1 aromatic heterocycles. The van der Waals surface area contributed by atoms with Gasteiger partial charge in [-0.1, -0.05) is 32.0 Å². The minimum absolute atomic E-state index is 0.0961. The molecule has 168 valence electrons. The van der Waals surface area contributed by atoms with Crippen molar-refractivity contribution in [1.29, 1.82) is 0 Å². The quantitative estimate of drug-likeness (QED) is 0.291. The Morgan fingerprint density at radius 3 is 2.32 bits per heavy atom. The summed E-state index contributed by atoms with van der Waals surface area (Å²) in [7, 11) is 0. The second kappa shape index (κ2) is 10.6. The molecule has 10 nitrogen and oxygen atoms in total. The van der Waals surface area contributed by atoms with Crippen molar-refractivity contribution in [3.8, 4) is 0 Å². The summed E-state index contributed by atoms with van der Waals surface area (Å²) >= 11 is 0. The number of hydrogen-bond donors (Lipinski definition) is 6. The van der Waals surface area contributed by atoms with Crippen molar-refractivity contribution in [3.05, 3.63) is 36.0 Å². The highest BCUT2D eigenvalue weighted by Gasteiger charge is 2.29. The Morgan fingerprint density at radius 2 is 1.71 bits per heavy atom. The Bertz CT molecular complexity index is 955. The van der Waals surface area contributed by atoms with Crippen LogP contribution in [0, 0.1) is 5.92 Å². The number of nitrogens with one attached hydrogen (secondary N) is 3. The smallest absolute Gasteiger partial charge is 0.326 e. The highest BCUT2D eigenvalue weighted by Crippen LogP contribution is 2.19. The van der Waals surface area contributed by atoms with Gasteiger partial charge in [0.2, 0.25) is 17.7 Å². The minimum Gasteiger partial charge on any atom is -0.480 e. The zero-order valence-electron chi connectivity index (χ0n) is 17.6. The van der Waals surface area contributed by atoms with E-state index in [2.05, 4.69) is 15.6 Å². The van der Waals surface area contributed by atoms with E-state index in [9.17, 15) is 24.3 Å². The molecule has 0 aliphatic carbocycles. The maximum absolute atomic E-state index is 12.9. The van der Waals surface area contributed by atoms with Crippen LogP contribution in [-0.2, 0) is 25.6 Å². The molecule has 0 unspecified atom stereocenters. The molecule has 8 N–H and O–H groups in total. The molecular formula is C21H29N5O5. The third kappa shape index (κ3) is 6.82. The third-order valence-corrected chi connectivity index (χ3v) is 4.81. The molecule has 31 heavy (non-hydrogen) atoms. The Balaban J connectivity index is 2.25. The lowest BCUT2D eigenvalue weighted by Crippen LogP contribution is -2.55. The van der Waals surface area contributed by atoms with Gasteiger partial charge in [0.15, 0.2) is 0 Å². The van der Waals surface area contributed by atoms with Crippen LogP contribution in [0.15, 0.2) is 30.5 Å². The van der Waals surface area contributed by atoms with Gasteiger partial charge < -0.3 is 32.2 Å². The fourth-order valence-corrected chi connectivity index (χ4v) is 3.30. The molecule has 0 bridgehead atoms. The molecule has 0 saturated heterocycles. The summed E-state index contributed by atoms with van der Waals surface area (Å²) in [4.78, 5) is 51.1. The van der Waals surface area contributed by atoms with Crippen LogP contribution in [0.2, 0.25) is 0 Å². The summed E-state index contributed by atoms with van der Waals surface area (Å²) in [5.74, 6) is -3.36. The number of amides is 3. The molecule has 3 amide bonds. The van der Waals surface area contributed by atoms with E-state index in [0.29, 0.717) is 6.42 Å². The predicted molar refractivity (Wildman–Crippen MR) is 115 cm³/mol. The van der Waals surface area contributed by atoms with Crippen molar-refractivity contribution in [2.45, 2.75) is 51.2 Å². The van der Waals surface area contributed by atoms with Gasteiger partial charge in [-0.25, -0.2) is 4.79 Å². The van der Waals surface area contributed by atoms with Crippen LogP contribution in [0.4, 0.5) is 0 Å². The number of aromatic amines is 1. The molecule has 0 radical (unpaired) electrons. The maximum atomic E-state index is 12.9. The van der Waals surface area contributed by atoms with Crippen LogP contribution in [-0.4, -0.2) is 51.9 Å². The zero-order valence-corrected chi connectivity index (χ0v) is 17.6. The van der Waals surface area contributed by atoms with Gasteiger partial charge in [0.1, 0.15) is 12.1 Å². The third-order valence-electron chi connectivity index (χ3n) is 4.81. The molecule has 0 aliphatic rings. The number of fused-ring (bicyclic) bond motifs is 1. The van der Waals surface area contributed by atoms with Gasteiger partial charge >= 0.3 is 5.97 Å². The van der Waals surface area contributed by atoms with Gasteiger partial charge in [-0.3, -0.25) is 14.4 Å². The van der Waals surface area contributed by atoms with Crippen molar-refractivity contribution >= 4 is 34.6 Å². The highest BCUT2D eigenvalue weighted by atomic mass is 16.4. The van der Waals surface area contributed by atoms with Gasteiger partial charge in [0, 0.05) is 23.5 Å². The predicted octanol–water partition coefficient (Wildman–Crippen LogP) is 0.0134. The fourth-order valence-electron chi connectivity index (χ4n) is 3.30. The highest BCUT2D eigenvalue weighted by molar-refractivity contribution is 5.94. The van der Waals surface area contributed by atoms with Gasteiger partial charge in [-0.05, 0) is 24.0 Å². The van der Waals surface area contributed by atoms with E-state index in [1.165, 1.54) is 0 Å². The fraction of sp³-hybridized carbons (Fsp3) is 0.429. The molecule has 0 aliphatic heterocycles. The van der Waals surface area contributed by atoms with Crippen molar-refractivity contribution in [3.63, 3.8) is 0 Å². The number of para-hydroxylation sites is 1. The lowest BCUT2D eigenvalue weighted by atomic mass is 10.0. The number of aliphatic carboxylic acids is 1. The first-order valence-electron chi connectivity index (χ1n) is 10.0. The van der Waals surface area contributed by atoms with E-state index in [1.54, 1.807) is 6.20 Å². The van der Waals surface area contributed by atoms with E-state index >= 15 is 0 Å². The second-order valence-corrected chi connectivity index (χ2v) is 7.93. The average Bonchev–Trinajstić information content (AvgIpc) is 3.08. The summed E-state index contributed by atoms with van der Waals surface area (Å²) in [6, 6.07) is 4.03. The number of primary amides is 1. The molecule has 1 heterocycles. The van der Waals surface area contributed by atoms with Crippen LogP contribution >= 0.6 is 0 Å². The number of carbonyl (C=O) groups is 4. The van der Waals surface area contributed by atoms with Crippen molar-refractivity contribution in [2.24, 2.45) is 17.4 Å². The van der Waals surface area contributed by atoms with Crippen molar-refractivity contribution in [1.82, 2.24) is 15.6 Å².